The highest BCUT2D eigenvalue weighted by Crippen LogP contribution is 2.17. The molecule has 2 N–H and O–H groups in total. The molecule has 6 nitrogen and oxygen atoms in total. The quantitative estimate of drug-likeness (QED) is 0.635. The van der Waals surface area contributed by atoms with Crippen LogP contribution < -0.4 is 0 Å². The van der Waals surface area contributed by atoms with Gasteiger partial charge in [-0.05, 0) is 65.5 Å². The molecule has 0 rings (SSSR count). The lowest BCUT2D eigenvalue weighted by molar-refractivity contribution is 0.293. The lowest BCUT2D eigenvalue weighted by atomic mass is 11.8. The minimum Gasteiger partial charge on any atom is -0.439 e. The second-order valence-corrected chi connectivity index (χ2v) is 23.7. The topological polar surface area (TPSA) is 77.4 Å². The van der Waals surface area contributed by atoms with Gasteiger partial charge in [0, 0.05) is 7.11 Å². The summed E-state index contributed by atoms with van der Waals surface area (Å²) in [6.07, 6.45) is 0. The molecule has 0 aliphatic carbocycles. The second kappa shape index (κ2) is 9.36. The Morgan fingerprint density at radius 2 is 1.00 bits per heavy atom. The van der Waals surface area contributed by atoms with Crippen LogP contribution >= 0.6 is 0 Å². The fourth-order valence-electron chi connectivity index (χ4n) is 1.84. The summed E-state index contributed by atoms with van der Waals surface area (Å²) in [5.74, 6) is 0. The lowest BCUT2D eigenvalue weighted by Crippen LogP contribution is -2.52. The Bertz CT molecular complexity index is 293. The molecular weight excluding hydrogens is 369 g/mol. The lowest BCUT2D eigenvalue weighted by Gasteiger charge is -2.33. The van der Waals surface area contributed by atoms with Crippen LogP contribution in [-0.2, 0) is 16.8 Å². The molecule has 0 aromatic carbocycles. The van der Waals surface area contributed by atoms with Crippen molar-refractivity contribution in [2.45, 2.75) is 65.5 Å². The molecule has 0 spiro atoms. The molecule has 0 aromatic heterocycles. The van der Waals surface area contributed by atoms with E-state index in [2.05, 4.69) is 26.2 Å². The van der Waals surface area contributed by atoms with Crippen molar-refractivity contribution in [3.8, 4) is 0 Å². The minimum atomic E-state index is -2.54. The molecule has 0 fully saturated rings. The molecule has 0 aliphatic rings. The van der Waals surface area contributed by atoms with Gasteiger partial charge in [0.05, 0.1) is 0 Å². The maximum atomic E-state index is 9.56. The van der Waals surface area contributed by atoms with Crippen molar-refractivity contribution >= 4 is 43.3 Å². The highest BCUT2D eigenvalue weighted by atomic mass is 28.5. The molecule has 0 bridgehead atoms. The van der Waals surface area contributed by atoms with Crippen molar-refractivity contribution in [1.29, 1.82) is 0 Å². The Morgan fingerprint density at radius 3 is 1.14 bits per heavy atom. The van der Waals surface area contributed by atoms with Crippen LogP contribution in [0, 0.1) is 0 Å². The van der Waals surface area contributed by atoms with E-state index in [0.717, 1.165) is 0 Å². The van der Waals surface area contributed by atoms with Gasteiger partial charge in [-0.3, -0.25) is 0 Å². The van der Waals surface area contributed by atoms with E-state index in [0.29, 0.717) is 0 Å². The van der Waals surface area contributed by atoms with Crippen molar-refractivity contribution in [2.75, 3.05) is 7.11 Å². The van der Waals surface area contributed by atoms with Crippen molar-refractivity contribution in [1.82, 2.24) is 0 Å². The highest BCUT2D eigenvalue weighted by Gasteiger charge is 2.38. The first-order valence-electron chi connectivity index (χ1n) is 7.47. The fraction of sp³-hybridized carbons (Fsp3) is 1.00. The van der Waals surface area contributed by atoms with E-state index in [1.165, 1.54) is 0 Å². The van der Waals surface area contributed by atoms with Gasteiger partial charge in [0.2, 0.25) is 0 Å². The molecule has 0 saturated carbocycles. The van der Waals surface area contributed by atoms with E-state index in [-0.39, 0.29) is 0 Å². The summed E-state index contributed by atoms with van der Waals surface area (Å²) in [7, 11) is -8.27. The van der Waals surface area contributed by atoms with Gasteiger partial charge in [-0.15, -0.1) is 0 Å². The van der Waals surface area contributed by atoms with Crippen molar-refractivity contribution in [2.24, 2.45) is 0 Å². The molecular formula is C11H36O6Si5. The second-order valence-electron chi connectivity index (χ2n) is 7.27. The Morgan fingerprint density at radius 1 is 0.682 bits per heavy atom. The summed E-state index contributed by atoms with van der Waals surface area (Å²) >= 11 is 0. The van der Waals surface area contributed by atoms with Gasteiger partial charge < -0.3 is 26.4 Å². The van der Waals surface area contributed by atoms with Gasteiger partial charge in [0.15, 0.2) is 9.04 Å². The zero-order valence-electron chi connectivity index (χ0n) is 16.1. The minimum absolute atomic E-state index is 0.876. The van der Waals surface area contributed by atoms with Crippen LogP contribution in [0.4, 0.5) is 0 Å². The van der Waals surface area contributed by atoms with Gasteiger partial charge in [-0.25, -0.2) is 0 Å². The van der Waals surface area contributed by atoms with E-state index in [1.807, 2.05) is 13.1 Å². The Hall–Kier alpha value is 0.844. The highest BCUT2D eigenvalue weighted by molar-refractivity contribution is 6.83. The average molecular weight is 405 g/mol. The molecule has 0 atom stereocenters. The third-order valence-corrected chi connectivity index (χ3v) is 15.1. The molecule has 0 heterocycles. The first kappa shape index (κ1) is 25.1. The van der Waals surface area contributed by atoms with Gasteiger partial charge in [0.1, 0.15) is 0 Å². The molecule has 0 amide bonds. The van der Waals surface area contributed by atoms with E-state index >= 15 is 0 Å². The van der Waals surface area contributed by atoms with E-state index in [9.17, 15) is 9.59 Å². The molecule has 11 heteroatoms. The predicted molar refractivity (Wildman–Crippen MR) is 104 cm³/mol. The van der Waals surface area contributed by atoms with E-state index in [4.69, 9.17) is 16.8 Å². The molecule has 0 radical (unpaired) electrons. The zero-order valence-corrected chi connectivity index (χ0v) is 21.3. The van der Waals surface area contributed by atoms with Crippen molar-refractivity contribution < 1.29 is 26.4 Å². The van der Waals surface area contributed by atoms with E-state index < -0.39 is 43.3 Å². The van der Waals surface area contributed by atoms with Crippen LogP contribution in [-0.4, -0.2) is 60.0 Å². The molecule has 0 aromatic rings. The molecule has 136 valence electrons. The summed E-state index contributed by atoms with van der Waals surface area (Å²) in [5.41, 5.74) is 0. The first-order chi connectivity index (χ1) is 9.39. The fourth-order valence-corrected chi connectivity index (χ4v) is 16.9. The molecule has 0 aliphatic heterocycles. The Labute approximate surface area is 142 Å². The number of hydrogen-bond acceptors (Lipinski definition) is 6. The Kier molecular flexibility index (Phi) is 10.7. The van der Waals surface area contributed by atoms with Gasteiger partial charge >= 0.3 is 34.2 Å². The maximum absolute atomic E-state index is 9.56. The Balaban J connectivity index is 0. The normalized spacial score (nSPS) is 13.9. The van der Waals surface area contributed by atoms with Crippen molar-refractivity contribution in [3.05, 3.63) is 0 Å². The summed E-state index contributed by atoms with van der Waals surface area (Å²) < 4.78 is 21.8. The number of rotatable bonds is 7. The summed E-state index contributed by atoms with van der Waals surface area (Å²) in [5, 5.41) is 0. The van der Waals surface area contributed by atoms with Crippen LogP contribution in [0.15, 0.2) is 0 Å². The standard InChI is InChI=1S/C6H20O4Si3.C5H16O2Si2/c1-11(2,7)9-13(5,6)10-12(3,4)8;1-6-9(4,5)7-8(2)3/h7-8H,1-6H3;8H,1-5H3. The third kappa shape index (κ3) is 18.9. The van der Waals surface area contributed by atoms with Crippen LogP contribution in [0.1, 0.15) is 0 Å². The monoisotopic (exact) mass is 404 g/mol. The van der Waals surface area contributed by atoms with Gasteiger partial charge in [0.25, 0.3) is 0 Å². The largest absolute Gasteiger partial charge is 0.439 e. The smallest absolute Gasteiger partial charge is 0.320 e. The zero-order chi connectivity index (χ0) is 18.4. The van der Waals surface area contributed by atoms with E-state index in [1.54, 1.807) is 33.3 Å². The van der Waals surface area contributed by atoms with Crippen LogP contribution in [0.25, 0.3) is 0 Å². The molecule has 0 unspecified atom stereocenters. The number of hydrogen-bond donors (Lipinski definition) is 2. The van der Waals surface area contributed by atoms with Gasteiger partial charge in [-0.2, -0.15) is 0 Å². The van der Waals surface area contributed by atoms with Crippen LogP contribution in [0.5, 0.6) is 0 Å². The SMILES string of the molecule is CO[Si](C)(C)O[SiH](C)C.C[Si](C)(O)O[Si](C)(C)O[Si](C)(C)O. The summed E-state index contributed by atoms with van der Waals surface area (Å²) in [6.45, 7) is 18.9. The predicted octanol–water partition coefficient (Wildman–Crippen LogP) is 2.44. The van der Waals surface area contributed by atoms with Gasteiger partial charge in [-0.1, -0.05) is 0 Å². The summed E-state index contributed by atoms with van der Waals surface area (Å²) in [6, 6.07) is 0. The molecule has 22 heavy (non-hydrogen) atoms. The van der Waals surface area contributed by atoms with Crippen molar-refractivity contribution in [3.63, 3.8) is 0 Å². The van der Waals surface area contributed by atoms with Crippen LogP contribution in [0.2, 0.25) is 65.5 Å². The maximum Gasteiger partial charge on any atom is 0.320 e. The first-order valence-corrected chi connectivity index (χ1v) is 21.6. The molecule has 0 saturated heterocycles. The van der Waals surface area contributed by atoms with Crippen LogP contribution in [0.3, 0.4) is 0 Å². The average Bonchev–Trinajstić information content (AvgIpc) is 2.07. The third-order valence-electron chi connectivity index (χ3n) is 2.00. The summed E-state index contributed by atoms with van der Waals surface area (Å²) in [4.78, 5) is 19.1.